The van der Waals surface area contributed by atoms with Gasteiger partial charge in [0.25, 0.3) is 0 Å². The Balaban J connectivity index is 2.32. The van der Waals surface area contributed by atoms with Crippen molar-refractivity contribution in [3.63, 3.8) is 0 Å². The van der Waals surface area contributed by atoms with E-state index in [4.69, 9.17) is 4.74 Å². The van der Waals surface area contributed by atoms with Gasteiger partial charge in [-0.2, -0.15) is 0 Å². The van der Waals surface area contributed by atoms with Gasteiger partial charge < -0.3 is 9.84 Å². The number of ether oxygens (including phenoxy) is 1. The number of nitrogens with zero attached hydrogens (tertiary/aromatic N) is 1. The van der Waals surface area contributed by atoms with Gasteiger partial charge in [0.15, 0.2) is 0 Å². The Hall–Kier alpha value is -0.120. The summed E-state index contributed by atoms with van der Waals surface area (Å²) in [7, 11) is 0. The third-order valence-corrected chi connectivity index (χ3v) is 2.52. The first kappa shape index (κ1) is 12.0. The van der Waals surface area contributed by atoms with Crippen molar-refractivity contribution in [2.75, 3.05) is 32.8 Å². The second-order valence-electron chi connectivity index (χ2n) is 4.98. The number of rotatable bonds is 4. The Bertz CT molecular complexity index is 163. The normalized spacial score (nSPS) is 23.8. The fraction of sp³-hybridized carbons (Fsp3) is 1.00. The van der Waals surface area contributed by atoms with E-state index < -0.39 is 5.60 Å². The van der Waals surface area contributed by atoms with E-state index in [9.17, 15) is 5.11 Å². The van der Waals surface area contributed by atoms with Crippen LogP contribution in [0.25, 0.3) is 0 Å². The summed E-state index contributed by atoms with van der Waals surface area (Å²) >= 11 is 0. The summed E-state index contributed by atoms with van der Waals surface area (Å²) in [6.07, 6.45) is 0.865. The van der Waals surface area contributed by atoms with Gasteiger partial charge in [-0.3, -0.25) is 4.90 Å². The quantitative estimate of drug-likeness (QED) is 0.739. The highest BCUT2D eigenvalue weighted by Crippen LogP contribution is 2.18. The Morgan fingerprint density at radius 3 is 2.43 bits per heavy atom. The Kier molecular flexibility index (Phi) is 4.35. The highest BCUT2D eigenvalue weighted by molar-refractivity contribution is 4.79. The van der Waals surface area contributed by atoms with Gasteiger partial charge in [-0.05, 0) is 19.3 Å². The van der Waals surface area contributed by atoms with Crippen molar-refractivity contribution >= 4 is 0 Å². The van der Waals surface area contributed by atoms with Crippen molar-refractivity contribution < 1.29 is 9.84 Å². The zero-order valence-corrected chi connectivity index (χ0v) is 9.62. The van der Waals surface area contributed by atoms with Gasteiger partial charge in [-0.15, -0.1) is 0 Å². The molecule has 0 spiro atoms. The third-order valence-electron chi connectivity index (χ3n) is 2.52. The predicted molar refractivity (Wildman–Crippen MR) is 57.3 cm³/mol. The molecule has 1 aliphatic rings. The summed E-state index contributed by atoms with van der Waals surface area (Å²) in [6.45, 7) is 10.5. The monoisotopic (exact) mass is 201 g/mol. The average Bonchev–Trinajstić information content (AvgIpc) is 2.02. The molecular formula is C11H23NO2. The molecule has 0 aromatic heterocycles. The van der Waals surface area contributed by atoms with Crippen LogP contribution in [0, 0.1) is 5.92 Å². The molecular weight excluding hydrogens is 178 g/mol. The SMILES string of the molecule is CC(C)CC(C)(O)CN1CCOCC1. The minimum absolute atomic E-state index is 0.547. The molecule has 1 heterocycles. The highest BCUT2D eigenvalue weighted by atomic mass is 16.5. The first-order valence-corrected chi connectivity index (χ1v) is 5.52. The molecule has 0 aromatic rings. The summed E-state index contributed by atoms with van der Waals surface area (Å²) < 4.78 is 5.27. The Labute approximate surface area is 87.1 Å². The molecule has 0 aliphatic carbocycles. The molecule has 1 unspecified atom stereocenters. The molecule has 0 aromatic carbocycles. The average molecular weight is 201 g/mol. The fourth-order valence-electron chi connectivity index (χ4n) is 2.19. The van der Waals surface area contributed by atoms with Crippen LogP contribution in [0.2, 0.25) is 0 Å². The highest BCUT2D eigenvalue weighted by Gasteiger charge is 2.25. The lowest BCUT2D eigenvalue weighted by Crippen LogP contribution is -2.46. The summed E-state index contributed by atoms with van der Waals surface area (Å²) in [5.41, 5.74) is -0.550. The van der Waals surface area contributed by atoms with Crippen LogP contribution < -0.4 is 0 Å². The fourth-order valence-corrected chi connectivity index (χ4v) is 2.19. The van der Waals surface area contributed by atoms with Crippen molar-refractivity contribution in [1.82, 2.24) is 4.90 Å². The van der Waals surface area contributed by atoms with Crippen molar-refractivity contribution in [3.05, 3.63) is 0 Å². The van der Waals surface area contributed by atoms with E-state index in [1.165, 1.54) is 0 Å². The van der Waals surface area contributed by atoms with E-state index in [0.29, 0.717) is 5.92 Å². The maximum atomic E-state index is 10.2. The van der Waals surface area contributed by atoms with Crippen LogP contribution in [0.4, 0.5) is 0 Å². The molecule has 0 saturated carbocycles. The van der Waals surface area contributed by atoms with Crippen LogP contribution in [0.3, 0.4) is 0 Å². The van der Waals surface area contributed by atoms with Crippen molar-refractivity contribution in [2.24, 2.45) is 5.92 Å². The van der Waals surface area contributed by atoms with Crippen LogP contribution in [-0.2, 0) is 4.74 Å². The molecule has 1 atom stereocenters. The van der Waals surface area contributed by atoms with Crippen LogP contribution in [0.5, 0.6) is 0 Å². The van der Waals surface area contributed by atoms with E-state index >= 15 is 0 Å². The maximum absolute atomic E-state index is 10.2. The Morgan fingerprint density at radius 1 is 1.36 bits per heavy atom. The topological polar surface area (TPSA) is 32.7 Å². The summed E-state index contributed by atoms with van der Waals surface area (Å²) in [5.74, 6) is 0.547. The van der Waals surface area contributed by atoms with Crippen molar-refractivity contribution in [3.8, 4) is 0 Å². The van der Waals surface area contributed by atoms with Crippen LogP contribution in [0.15, 0.2) is 0 Å². The molecule has 1 N–H and O–H groups in total. The van der Waals surface area contributed by atoms with Crippen LogP contribution in [-0.4, -0.2) is 48.5 Å². The van der Waals surface area contributed by atoms with Crippen LogP contribution in [0.1, 0.15) is 27.2 Å². The van der Waals surface area contributed by atoms with E-state index in [1.807, 2.05) is 6.92 Å². The number of hydrogen-bond donors (Lipinski definition) is 1. The first-order chi connectivity index (χ1) is 6.49. The smallest absolute Gasteiger partial charge is 0.0748 e. The number of morpholine rings is 1. The van der Waals surface area contributed by atoms with Crippen molar-refractivity contribution in [1.29, 1.82) is 0 Å². The van der Waals surface area contributed by atoms with Gasteiger partial charge in [-0.25, -0.2) is 0 Å². The number of hydrogen-bond acceptors (Lipinski definition) is 3. The molecule has 84 valence electrons. The summed E-state index contributed by atoms with van der Waals surface area (Å²) in [6, 6.07) is 0. The van der Waals surface area contributed by atoms with Gasteiger partial charge in [0.1, 0.15) is 0 Å². The van der Waals surface area contributed by atoms with E-state index in [1.54, 1.807) is 0 Å². The van der Waals surface area contributed by atoms with Gasteiger partial charge in [-0.1, -0.05) is 13.8 Å². The lowest BCUT2D eigenvalue weighted by atomic mass is 9.94. The minimum Gasteiger partial charge on any atom is -0.389 e. The molecule has 0 bridgehead atoms. The zero-order chi connectivity index (χ0) is 10.6. The molecule has 1 saturated heterocycles. The molecule has 1 rings (SSSR count). The molecule has 0 amide bonds. The number of aliphatic hydroxyl groups is 1. The summed E-state index contributed by atoms with van der Waals surface area (Å²) in [5, 5.41) is 10.2. The molecule has 1 fully saturated rings. The molecule has 0 radical (unpaired) electrons. The van der Waals surface area contributed by atoms with Crippen LogP contribution >= 0.6 is 0 Å². The standard InChI is InChI=1S/C11H23NO2/c1-10(2)8-11(3,13)9-12-4-6-14-7-5-12/h10,13H,4-9H2,1-3H3. The van der Waals surface area contributed by atoms with Gasteiger partial charge in [0, 0.05) is 19.6 Å². The first-order valence-electron chi connectivity index (χ1n) is 5.52. The number of β-amino-alcohol motifs (C(OH)–C–C–N with tert-alkyl or cyclic N) is 1. The van der Waals surface area contributed by atoms with Gasteiger partial charge >= 0.3 is 0 Å². The third kappa shape index (κ3) is 4.40. The van der Waals surface area contributed by atoms with E-state index in [-0.39, 0.29) is 0 Å². The second kappa shape index (κ2) is 5.10. The second-order valence-corrected chi connectivity index (χ2v) is 4.98. The lowest BCUT2D eigenvalue weighted by molar-refractivity contribution is -0.0317. The molecule has 1 aliphatic heterocycles. The van der Waals surface area contributed by atoms with Gasteiger partial charge in [0.05, 0.1) is 18.8 Å². The van der Waals surface area contributed by atoms with E-state index in [2.05, 4.69) is 18.7 Å². The zero-order valence-electron chi connectivity index (χ0n) is 9.62. The molecule has 14 heavy (non-hydrogen) atoms. The van der Waals surface area contributed by atoms with Crippen molar-refractivity contribution in [2.45, 2.75) is 32.8 Å². The molecule has 3 heteroatoms. The lowest BCUT2D eigenvalue weighted by Gasteiger charge is -2.34. The van der Waals surface area contributed by atoms with Gasteiger partial charge in [0.2, 0.25) is 0 Å². The minimum atomic E-state index is -0.550. The summed E-state index contributed by atoms with van der Waals surface area (Å²) in [4.78, 5) is 2.28. The molecule has 3 nitrogen and oxygen atoms in total. The predicted octanol–water partition coefficient (Wildman–Crippen LogP) is 1.12. The largest absolute Gasteiger partial charge is 0.389 e. The Morgan fingerprint density at radius 2 is 1.93 bits per heavy atom. The van der Waals surface area contributed by atoms with E-state index in [0.717, 1.165) is 39.3 Å². The maximum Gasteiger partial charge on any atom is 0.0748 e.